The number of anilines is 2. The third kappa shape index (κ3) is 3.00. The Bertz CT molecular complexity index is 537. The zero-order valence-electron chi connectivity index (χ0n) is 8.48. The van der Waals surface area contributed by atoms with Gasteiger partial charge in [0.2, 0.25) is 0 Å². The molecule has 0 fully saturated rings. The molecule has 0 saturated carbocycles. The molecule has 1 N–H and O–H groups in total. The SMILES string of the molecule is Fc1cc(F)cc(Nc2ccc(F)cc2Br)c1. The Morgan fingerprint density at radius 2 is 1.47 bits per heavy atom. The fraction of sp³-hybridized carbons (Fsp3) is 0. The van der Waals surface area contributed by atoms with Crippen LogP contribution in [0.1, 0.15) is 0 Å². The zero-order chi connectivity index (χ0) is 12.4. The predicted octanol–water partition coefficient (Wildman–Crippen LogP) is 4.61. The number of nitrogens with one attached hydrogen (secondary N) is 1. The Morgan fingerprint density at radius 1 is 0.824 bits per heavy atom. The van der Waals surface area contributed by atoms with Gasteiger partial charge in [-0.3, -0.25) is 0 Å². The maximum atomic E-state index is 12.9. The Labute approximate surface area is 104 Å². The minimum Gasteiger partial charge on any atom is -0.354 e. The summed E-state index contributed by atoms with van der Waals surface area (Å²) in [5, 5.41) is 2.79. The van der Waals surface area contributed by atoms with Gasteiger partial charge in [-0.2, -0.15) is 0 Å². The topological polar surface area (TPSA) is 12.0 Å². The normalized spacial score (nSPS) is 10.4. The summed E-state index contributed by atoms with van der Waals surface area (Å²) in [6.45, 7) is 0. The van der Waals surface area contributed by atoms with Crippen molar-refractivity contribution in [2.45, 2.75) is 0 Å². The third-order valence-corrected chi connectivity index (χ3v) is 2.73. The van der Waals surface area contributed by atoms with E-state index in [1.165, 1.54) is 18.2 Å². The van der Waals surface area contributed by atoms with Crippen LogP contribution in [0.15, 0.2) is 40.9 Å². The van der Waals surface area contributed by atoms with E-state index < -0.39 is 17.5 Å². The first-order chi connectivity index (χ1) is 8.04. The molecule has 0 saturated heterocycles. The van der Waals surface area contributed by atoms with Gasteiger partial charge < -0.3 is 5.32 Å². The maximum Gasteiger partial charge on any atom is 0.128 e. The van der Waals surface area contributed by atoms with Crippen LogP contribution in [-0.2, 0) is 0 Å². The molecule has 2 aromatic rings. The van der Waals surface area contributed by atoms with Crippen LogP contribution in [0.2, 0.25) is 0 Å². The monoisotopic (exact) mass is 301 g/mol. The molecular weight excluding hydrogens is 295 g/mol. The molecule has 2 aromatic carbocycles. The van der Waals surface area contributed by atoms with E-state index in [9.17, 15) is 13.2 Å². The largest absolute Gasteiger partial charge is 0.354 e. The Morgan fingerprint density at radius 3 is 2.06 bits per heavy atom. The van der Waals surface area contributed by atoms with Crippen LogP contribution in [0.5, 0.6) is 0 Å². The molecule has 0 heterocycles. The molecule has 0 bridgehead atoms. The fourth-order valence-corrected chi connectivity index (χ4v) is 1.82. The molecule has 0 radical (unpaired) electrons. The summed E-state index contributed by atoms with van der Waals surface area (Å²) < 4.78 is 39.2. The number of hydrogen-bond donors (Lipinski definition) is 1. The van der Waals surface area contributed by atoms with E-state index in [-0.39, 0.29) is 5.69 Å². The zero-order valence-corrected chi connectivity index (χ0v) is 10.1. The highest BCUT2D eigenvalue weighted by molar-refractivity contribution is 9.10. The minimum atomic E-state index is -0.675. The molecule has 0 spiro atoms. The van der Waals surface area contributed by atoms with Crippen molar-refractivity contribution in [3.05, 3.63) is 58.3 Å². The highest BCUT2D eigenvalue weighted by Gasteiger charge is 2.04. The lowest BCUT2D eigenvalue weighted by molar-refractivity contribution is 0.584. The summed E-state index contributed by atoms with van der Waals surface area (Å²) in [7, 11) is 0. The summed E-state index contributed by atoms with van der Waals surface area (Å²) in [6.07, 6.45) is 0. The molecule has 0 aromatic heterocycles. The van der Waals surface area contributed by atoms with Gasteiger partial charge in [-0.15, -0.1) is 0 Å². The Hall–Kier alpha value is -1.49. The molecule has 0 unspecified atom stereocenters. The minimum absolute atomic E-state index is 0.259. The van der Waals surface area contributed by atoms with Crippen LogP contribution in [0.4, 0.5) is 24.5 Å². The van der Waals surface area contributed by atoms with Crippen molar-refractivity contribution in [2.24, 2.45) is 0 Å². The van der Waals surface area contributed by atoms with Crippen molar-refractivity contribution in [1.29, 1.82) is 0 Å². The highest BCUT2D eigenvalue weighted by atomic mass is 79.9. The number of halogens is 4. The van der Waals surface area contributed by atoms with Gasteiger partial charge in [-0.25, -0.2) is 13.2 Å². The number of rotatable bonds is 2. The summed E-state index contributed by atoms with van der Waals surface area (Å²) in [4.78, 5) is 0. The predicted molar refractivity (Wildman–Crippen MR) is 63.7 cm³/mol. The molecule has 88 valence electrons. The molecule has 0 aliphatic rings. The standard InChI is InChI=1S/C12H7BrF3N/c13-11-6-7(14)1-2-12(11)17-10-4-8(15)3-9(16)5-10/h1-6,17H. The van der Waals surface area contributed by atoms with Crippen LogP contribution in [0.3, 0.4) is 0 Å². The van der Waals surface area contributed by atoms with Gasteiger partial charge in [-0.05, 0) is 46.3 Å². The first-order valence-electron chi connectivity index (χ1n) is 4.73. The van der Waals surface area contributed by atoms with Crippen LogP contribution in [-0.4, -0.2) is 0 Å². The Balaban J connectivity index is 2.31. The molecule has 2 rings (SSSR count). The van der Waals surface area contributed by atoms with E-state index in [2.05, 4.69) is 21.2 Å². The van der Waals surface area contributed by atoms with E-state index in [0.29, 0.717) is 10.2 Å². The summed E-state index contributed by atoms with van der Waals surface area (Å²) >= 11 is 3.15. The van der Waals surface area contributed by atoms with E-state index >= 15 is 0 Å². The average Bonchev–Trinajstić information content (AvgIpc) is 2.21. The van der Waals surface area contributed by atoms with E-state index in [1.54, 1.807) is 0 Å². The van der Waals surface area contributed by atoms with Crippen molar-refractivity contribution in [2.75, 3.05) is 5.32 Å². The molecule has 1 nitrogen and oxygen atoms in total. The van der Waals surface area contributed by atoms with E-state index in [1.807, 2.05) is 0 Å². The van der Waals surface area contributed by atoms with Gasteiger partial charge in [0.15, 0.2) is 0 Å². The number of hydrogen-bond acceptors (Lipinski definition) is 1. The van der Waals surface area contributed by atoms with Gasteiger partial charge >= 0.3 is 0 Å². The third-order valence-electron chi connectivity index (χ3n) is 2.07. The fourth-order valence-electron chi connectivity index (χ4n) is 1.37. The summed E-state index contributed by atoms with van der Waals surface area (Å²) in [5.41, 5.74) is 0.784. The van der Waals surface area contributed by atoms with Gasteiger partial charge in [0, 0.05) is 16.2 Å². The van der Waals surface area contributed by atoms with Crippen molar-refractivity contribution in [3.8, 4) is 0 Å². The lowest BCUT2D eigenvalue weighted by atomic mass is 10.2. The van der Waals surface area contributed by atoms with E-state index in [4.69, 9.17) is 0 Å². The van der Waals surface area contributed by atoms with Crippen molar-refractivity contribution >= 4 is 27.3 Å². The molecule has 5 heteroatoms. The van der Waals surface area contributed by atoms with Crippen LogP contribution < -0.4 is 5.32 Å². The second-order valence-electron chi connectivity index (χ2n) is 3.41. The molecular formula is C12H7BrF3N. The summed E-state index contributed by atoms with van der Waals surface area (Å²) in [5.74, 6) is -1.75. The van der Waals surface area contributed by atoms with E-state index in [0.717, 1.165) is 18.2 Å². The summed E-state index contributed by atoms with van der Waals surface area (Å²) in [6, 6.07) is 7.08. The van der Waals surface area contributed by atoms with Crippen molar-refractivity contribution in [1.82, 2.24) is 0 Å². The Kier molecular flexibility index (Phi) is 3.38. The van der Waals surface area contributed by atoms with Gasteiger partial charge in [0.1, 0.15) is 17.5 Å². The molecule has 0 aliphatic carbocycles. The van der Waals surface area contributed by atoms with Gasteiger partial charge in [-0.1, -0.05) is 0 Å². The lowest BCUT2D eigenvalue weighted by Gasteiger charge is -2.08. The van der Waals surface area contributed by atoms with Crippen LogP contribution in [0, 0.1) is 17.5 Å². The second-order valence-corrected chi connectivity index (χ2v) is 4.26. The molecule has 0 atom stereocenters. The van der Waals surface area contributed by atoms with Gasteiger partial charge in [0.25, 0.3) is 0 Å². The van der Waals surface area contributed by atoms with Crippen molar-refractivity contribution < 1.29 is 13.2 Å². The van der Waals surface area contributed by atoms with Gasteiger partial charge in [0.05, 0.1) is 5.69 Å². The number of benzene rings is 2. The van der Waals surface area contributed by atoms with Crippen LogP contribution in [0.25, 0.3) is 0 Å². The first-order valence-corrected chi connectivity index (χ1v) is 5.52. The van der Waals surface area contributed by atoms with Crippen molar-refractivity contribution in [3.63, 3.8) is 0 Å². The average molecular weight is 302 g/mol. The van der Waals surface area contributed by atoms with Crippen LogP contribution >= 0.6 is 15.9 Å². The quantitative estimate of drug-likeness (QED) is 0.854. The highest BCUT2D eigenvalue weighted by Crippen LogP contribution is 2.27. The lowest BCUT2D eigenvalue weighted by Crippen LogP contribution is -1.93. The first kappa shape index (κ1) is 12.0. The molecule has 17 heavy (non-hydrogen) atoms. The smallest absolute Gasteiger partial charge is 0.128 e. The maximum absolute atomic E-state index is 12.9. The molecule has 0 amide bonds. The molecule has 0 aliphatic heterocycles. The second kappa shape index (κ2) is 4.79.